The Labute approximate surface area is 210 Å². The van der Waals surface area contributed by atoms with E-state index in [1.807, 2.05) is 97.1 Å². The molecule has 0 bridgehead atoms. The van der Waals surface area contributed by atoms with Gasteiger partial charge in [-0.05, 0) is 28.8 Å². The highest BCUT2D eigenvalue weighted by atomic mass is 16.5. The fraction of sp³-hybridized carbons (Fsp3) is 0.129. The molecule has 0 aliphatic carbocycles. The van der Waals surface area contributed by atoms with Gasteiger partial charge in [0.1, 0.15) is 13.2 Å². The molecule has 1 aliphatic rings. The van der Waals surface area contributed by atoms with E-state index in [2.05, 4.69) is 0 Å². The van der Waals surface area contributed by atoms with E-state index in [1.165, 1.54) is 0 Å². The van der Waals surface area contributed by atoms with Crippen molar-refractivity contribution in [3.63, 3.8) is 0 Å². The van der Waals surface area contributed by atoms with Crippen LogP contribution in [0.3, 0.4) is 0 Å². The molecule has 1 aliphatic heterocycles. The summed E-state index contributed by atoms with van der Waals surface area (Å²) in [6.45, 7) is 0.870. The molecule has 5 heteroatoms. The van der Waals surface area contributed by atoms with Gasteiger partial charge in [0, 0.05) is 11.1 Å². The molecule has 0 saturated heterocycles. The third-order valence-electron chi connectivity index (χ3n) is 6.18. The second kappa shape index (κ2) is 10.5. The Morgan fingerprint density at radius 3 is 1.89 bits per heavy atom. The van der Waals surface area contributed by atoms with Crippen molar-refractivity contribution in [1.29, 1.82) is 0 Å². The zero-order valence-corrected chi connectivity index (χ0v) is 19.7. The number of hydrogen-bond acceptors (Lipinski definition) is 4. The van der Waals surface area contributed by atoms with Gasteiger partial charge in [-0.1, -0.05) is 103 Å². The first-order chi connectivity index (χ1) is 17.7. The number of carbonyl (C=O) groups is 1. The highest BCUT2D eigenvalue weighted by Crippen LogP contribution is 2.46. The van der Waals surface area contributed by atoms with Crippen LogP contribution in [-0.4, -0.2) is 17.7 Å². The van der Waals surface area contributed by atoms with E-state index in [0.29, 0.717) is 35.8 Å². The Morgan fingerprint density at radius 1 is 0.750 bits per heavy atom. The van der Waals surface area contributed by atoms with Crippen LogP contribution >= 0.6 is 0 Å². The summed E-state index contributed by atoms with van der Waals surface area (Å²) in [6.07, 6.45) is 1.83. The van der Waals surface area contributed by atoms with Gasteiger partial charge in [0.25, 0.3) is 0 Å². The normalized spacial score (nSPS) is 16.8. The number of carboxylic acids is 1. The van der Waals surface area contributed by atoms with E-state index >= 15 is 0 Å². The minimum absolute atomic E-state index is 0.197. The fourth-order valence-corrected chi connectivity index (χ4v) is 4.38. The van der Waals surface area contributed by atoms with Gasteiger partial charge in [0.2, 0.25) is 5.60 Å². The monoisotopic (exact) mass is 478 g/mol. The van der Waals surface area contributed by atoms with E-state index in [0.717, 1.165) is 16.7 Å². The highest BCUT2D eigenvalue weighted by molar-refractivity contribution is 5.98. The minimum atomic E-state index is -1.65. The lowest BCUT2D eigenvalue weighted by atomic mass is 9.83. The molecule has 1 atom stereocenters. The van der Waals surface area contributed by atoms with Crippen molar-refractivity contribution in [3.8, 4) is 11.5 Å². The summed E-state index contributed by atoms with van der Waals surface area (Å²) in [4.78, 5) is 12.8. The molecule has 0 amide bonds. The number of benzene rings is 4. The molecule has 36 heavy (non-hydrogen) atoms. The lowest BCUT2D eigenvalue weighted by Crippen LogP contribution is -2.37. The average Bonchev–Trinajstić information content (AvgIpc) is 3.39. The van der Waals surface area contributed by atoms with Crippen LogP contribution in [0.25, 0.3) is 5.57 Å². The summed E-state index contributed by atoms with van der Waals surface area (Å²) >= 11 is 0. The number of aliphatic carboxylic acids is 1. The number of ether oxygens (including phenoxy) is 3. The SMILES string of the molecule is O=C(O)C1(c2ccc(OCc3ccccc3)c(OCc3ccccc3)c2)OCC=C1c1ccccc1. The van der Waals surface area contributed by atoms with Crippen LogP contribution in [-0.2, 0) is 28.3 Å². The van der Waals surface area contributed by atoms with Crippen LogP contribution in [0.2, 0.25) is 0 Å². The second-order valence-electron chi connectivity index (χ2n) is 8.49. The van der Waals surface area contributed by atoms with Gasteiger partial charge in [0.05, 0.1) is 6.61 Å². The van der Waals surface area contributed by atoms with Crippen molar-refractivity contribution in [2.45, 2.75) is 18.8 Å². The number of carboxylic acid groups (broad SMARTS) is 1. The standard InChI is InChI=1S/C31H26O5/c32-30(33)31(27(18-19-36-31)25-14-8-3-9-15-25)26-16-17-28(34-21-23-10-4-1-5-11-23)29(20-26)35-22-24-12-6-2-7-13-24/h1-18,20H,19,21-22H2,(H,32,33). The molecule has 180 valence electrons. The zero-order chi connectivity index (χ0) is 24.8. The molecule has 4 aromatic carbocycles. The first-order valence-corrected chi connectivity index (χ1v) is 11.8. The van der Waals surface area contributed by atoms with Crippen molar-refractivity contribution in [2.24, 2.45) is 0 Å². The summed E-state index contributed by atoms with van der Waals surface area (Å²) in [6, 6.07) is 34.3. The summed E-state index contributed by atoms with van der Waals surface area (Å²) < 4.78 is 18.2. The Hall–Kier alpha value is -4.35. The smallest absolute Gasteiger partial charge is 0.345 e. The number of hydrogen-bond donors (Lipinski definition) is 1. The summed E-state index contributed by atoms with van der Waals surface area (Å²) in [5.41, 5.74) is 2.23. The molecule has 1 N–H and O–H groups in total. The highest BCUT2D eigenvalue weighted by Gasteiger charge is 2.49. The Balaban J connectivity index is 1.52. The second-order valence-corrected chi connectivity index (χ2v) is 8.49. The van der Waals surface area contributed by atoms with Gasteiger partial charge >= 0.3 is 5.97 Å². The van der Waals surface area contributed by atoms with Crippen molar-refractivity contribution in [1.82, 2.24) is 0 Å². The molecule has 0 fully saturated rings. The van der Waals surface area contributed by atoms with Crippen LogP contribution in [0.1, 0.15) is 22.3 Å². The first kappa shape index (κ1) is 23.4. The average molecular weight is 479 g/mol. The zero-order valence-electron chi connectivity index (χ0n) is 19.7. The maximum Gasteiger partial charge on any atom is 0.345 e. The number of rotatable bonds is 9. The third-order valence-corrected chi connectivity index (χ3v) is 6.18. The molecule has 0 aromatic heterocycles. The molecule has 0 spiro atoms. The molecule has 1 unspecified atom stereocenters. The van der Waals surface area contributed by atoms with E-state index in [1.54, 1.807) is 18.2 Å². The Morgan fingerprint density at radius 2 is 1.31 bits per heavy atom. The molecular formula is C31H26O5. The van der Waals surface area contributed by atoms with Crippen LogP contribution in [0.5, 0.6) is 11.5 Å². The molecule has 5 nitrogen and oxygen atoms in total. The summed E-state index contributed by atoms with van der Waals surface area (Å²) in [5.74, 6) is -0.0970. The third kappa shape index (κ3) is 4.74. The molecule has 0 saturated carbocycles. The maximum absolute atomic E-state index is 12.8. The van der Waals surface area contributed by atoms with E-state index in [4.69, 9.17) is 14.2 Å². The van der Waals surface area contributed by atoms with Gasteiger partial charge in [-0.2, -0.15) is 0 Å². The van der Waals surface area contributed by atoms with Crippen molar-refractivity contribution in [2.75, 3.05) is 6.61 Å². The van der Waals surface area contributed by atoms with Crippen LogP contribution in [0.4, 0.5) is 0 Å². The molecule has 5 rings (SSSR count). The predicted octanol–water partition coefficient (Wildman–Crippen LogP) is 6.24. The molecule has 0 radical (unpaired) electrons. The van der Waals surface area contributed by atoms with Crippen molar-refractivity contribution in [3.05, 3.63) is 138 Å². The van der Waals surface area contributed by atoms with Gasteiger partial charge in [-0.3, -0.25) is 0 Å². The topological polar surface area (TPSA) is 65.0 Å². The Kier molecular flexibility index (Phi) is 6.83. The predicted molar refractivity (Wildman–Crippen MR) is 138 cm³/mol. The van der Waals surface area contributed by atoms with E-state index < -0.39 is 11.6 Å². The largest absolute Gasteiger partial charge is 0.485 e. The van der Waals surface area contributed by atoms with Crippen molar-refractivity contribution >= 4 is 11.5 Å². The molecule has 1 heterocycles. The first-order valence-electron chi connectivity index (χ1n) is 11.8. The van der Waals surface area contributed by atoms with Gasteiger partial charge in [-0.25, -0.2) is 4.79 Å². The quantitative estimate of drug-likeness (QED) is 0.309. The molecular weight excluding hydrogens is 452 g/mol. The van der Waals surface area contributed by atoms with Crippen LogP contribution in [0.15, 0.2) is 115 Å². The van der Waals surface area contributed by atoms with E-state index in [9.17, 15) is 9.90 Å². The minimum Gasteiger partial charge on any atom is -0.485 e. The van der Waals surface area contributed by atoms with Crippen LogP contribution in [0, 0.1) is 0 Å². The van der Waals surface area contributed by atoms with Crippen molar-refractivity contribution < 1.29 is 24.1 Å². The van der Waals surface area contributed by atoms with Gasteiger partial charge < -0.3 is 19.3 Å². The lowest BCUT2D eigenvalue weighted by Gasteiger charge is -2.29. The van der Waals surface area contributed by atoms with Crippen LogP contribution < -0.4 is 9.47 Å². The van der Waals surface area contributed by atoms with Gasteiger partial charge in [-0.15, -0.1) is 0 Å². The fourth-order valence-electron chi connectivity index (χ4n) is 4.38. The summed E-state index contributed by atoms with van der Waals surface area (Å²) in [5, 5.41) is 10.4. The lowest BCUT2D eigenvalue weighted by molar-refractivity contribution is -0.156. The Bertz CT molecular complexity index is 1350. The molecule has 4 aromatic rings. The van der Waals surface area contributed by atoms with Gasteiger partial charge in [0.15, 0.2) is 11.5 Å². The van der Waals surface area contributed by atoms with E-state index in [-0.39, 0.29) is 6.61 Å². The summed E-state index contributed by atoms with van der Waals surface area (Å²) in [7, 11) is 0. The maximum atomic E-state index is 12.8.